The van der Waals surface area contributed by atoms with Crippen LogP contribution in [0.1, 0.15) is 44.1 Å². The molecule has 1 atom stereocenters. The number of carbonyl (C=O) groups is 1. The number of hydrogen-bond donors (Lipinski definition) is 0. The Morgan fingerprint density at radius 3 is 2.54 bits per heavy atom. The molecule has 1 aromatic rings. The van der Waals surface area contributed by atoms with Crippen molar-refractivity contribution in [1.29, 1.82) is 0 Å². The lowest BCUT2D eigenvalue weighted by Crippen LogP contribution is -2.51. The number of nitrogens with zero attached hydrogens (tertiary/aromatic N) is 1. The molecule has 0 spiro atoms. The Bertz CT molecular complexity index is 728. The molecule has 24 heavy (non-hydrogen) atoms. The number of amides is 1. The van der Waals surface area contributed by atoms with Crippen molar-refractivity contribution in [3.8, 4) is 0 Å². The molecule has 6 heteroatoms. The third kappa shape index (κ3) is 3.21. The van der Waals surface area contributed by atoms with Crippen LogP contribution in [0, 0.1) is 5.82 Å². The zero-order valence-electron chi connectivity index (χ0n) is 14.0. The summed E-state index contributed by atoms with van der Waals surface area (Å²) in [7, 11) is -3.07. The standard InChI is InChI=1S/C18H24FNO3S/c1-24(22,23)16-7-3-11-20(12-8-16)17(21)18(9-4-10-18)14-5-2-6-15(19)13-14/h2,5-6,13,16H,3-4,7-12H2,1H3. The van der Waals surface area contributed by atoms with E-state index >= 15 is 0 Å². The van der Waals surface area contributed by atoms with Gasteiger partial charge in [0.2, 0.25) is 5.91 Å². The van der Waals surface area contributed by atoms with Gasteiger partial charge in [-0.15, -0.1) is 0 Å². The largest absolute Gasteiger partial charge is 0.342 e. The molecule has 4 nitrogen and oxygen atoms in total. The summed E-state index contributed by atoms with van der Waals surface area (Å²) in [6.45, 7) is 1.05. The Kier molecular flexibility index (Phi) is 4.69. The average molecular weight is 353 g/mol. The van der Waals surface area contributed by atoms with Crippen LogP contribution in [0.5, 0.6) is 0 Å². The first-order valence-corrected chi connectivity index (χ1v) is 10.5. The monoisotopic (exact) mass is 353 g/mol. The summed E-state index contributed by atoms with van der Waals surface area (Å²) in [6, 6.07) is 6.34. The van der Waals surface area contributed by atoms with Crippen LogP contribution in [0.3, 0.4) is 0 Å². The molecule has 0 N–H and O–H groups in total. The SMILES string of the molecule is CS(=O)(=O)C1CCCN(C(=O)C2(c3cccc(F)c3)CCC2)CC1. The molecule has 3 rings (SSSR count). The van der Waals surface area contributed by atoms with E-state index in [0.29, 0.717) is 32.4 Å². The molecule has 0 aromatic heterocycles. The van der Waals surface area contributed by atoms with Crippen molar-refractivity contribution >= 4 is 15.7 Å². The summed E-state index contributed by atoms with van der Waals surface area (Å²) in [5.74, 6) is -0.284. The van der Waals surface area contributed by atoms with Crippen molar-refractivity contribution in [3.05, 3.63) is 35.6 Å². The second-order valence-corrected chi connectivity index (χ2v) is 9.45. The number of sulfone groups is 1. The highest BCUT2D eigenvalue weighted by Gasteiger charge is 2.48. The van der Waals surface area contributed by atoms with Gasteiger partial charge in [-0.2, -0.15) is 0 Å². The third-order valence-electron chi connectivity index (χ3n) is 5.56. The fourth-order valence-corrected chi connectivity index (χ4v) is 5.07. The normalized spacial score (nSPS) is 24.1. The molecule has 1 amide bonds. The zero-order chi connectivity index (χ0) is 17.4. The van der Waals surface area contributed by atoms with Crippen LogP contribution in [-0.2, 0) is 20.0 Å². The lowest BCUT2D eigenvalue weighted by molar-refractivity contribution is -0.140. The molecule has 1 saturated carbocycles. The Hall–Kier alpha value is -1.43. The first-order chi connectivity index (χ1) is 11.3. The molecule has 1 aliphatic carbocycles. The minimum atomic E-state index is -3.07. The summed E-state index contributed by atoms with van der Waals surface area (Å²) in [5, 5.41) is -0.359. The number of likely N-dealkylation sites (tertiary alicyclic amines) is 1. The van der Waals surface area contributed by atoms with Gasteiger partial charge in [-0.25, -0.2) is 12.8 Å². The van der Waals surface area contributed by atoms with Crippen molar-refractivity contribution in [2.75, 3.05) is 19.3 Å². The van der Waals surface area contributed by atoms with E-state index in [0.717, 1.165) is 24.8 Å². The van der Waals surface area contributed by atoms with Gasteiger partial charge in [-0.3, -0.25) is 4.79 Å². The molecule has 1 aromatic carbocycles. The third-order valence-corrected chi connectivity index (χ3v) is 7.24. The second kappa shape index (κ2) is 6.47. The highest BCUT2D eigenvalue weighted by molar-refractivity contribution is 7.91. The first kappa shape index (κ1) is 17.4. The van der Waals surface area contributed by atoms with Crippen molar-refractivity contribution in [2.24, 2.45) is 0 Å². The smallest absolute Gasteiger partial charge is 0.233 e. The van der Waals surface area contributed by atoms with E-state index in [2.05, 4.69) is 0 Å². The van der Waals surface area contributed by atoms with Crippen LogP contribution >= 0.6 is 0 Å². The van der Waals surface area contributed by atoms with Gasteiger partial charge in [0.15, 0.2) is 0 Å². The van der Waals surface area contributed by atoms with Gasteiger partial charge in [0, 0.05) is 19.3 Å². The fourth-order valence-electron chi connectivity index (χ4n) is 3.94. The van der Waals surface area contributed by atoms with E-state index in [1.807, 2.05) is 6.07 Å². The predicted molar refractivity (Wildman–Crippen MR) is 91.0 cm³/mol. The molecule has 1 saturated heterocycles. The second-order valence-electron chi connectivity index (χ2n) is 7.12. The van der Waals surface area contributed by atoms with Gasteiger partial charge in [-0.05, 0) is 49.8 Å². The minimum Gasteiger partial charge on any atom is -0.342 e. The quantitative estimate of drug-likeness (QED) is 0.839. The number of rotatable bonds is 3. The zero-order valence-corrected chi connectivity index (χ0v) is 14.8. The van der Waals surface area contributed by atoms with Gasteiger partial charge in [0.25, 0.3) is 0 Å². The maximum atomic E-state index is 13.6. The van der Waals surface area contributed by atoms with Crippen molar-refractivity contribution < 1.29 is 17.6 Å². The lowest BCUT2D eigenvalue weighted by atomic mass is 9.63. The summed E-state index contributed by atoms with van der Waals surface area (Å²) in [6.07, 6.45) is 5.50. The predicted octanol–water partition coefficient (Wildman–Crippen LogP) is 2.67. The Morgan fingerprint density at radius 2 is 1.96 bits per heavy atom. The van der Waals surface area contributed by atoms with Gasteiger partial charge < -0.3 is 4.90 Å². The van der Waals surface area contributed by atoms with Gasteiger partial charge in [-0.1, -0.05) is 18.6 Å². The summed E-state index contributed by atoms with van der Waals surface area (Å²) < 4.78 is 37.2. The summed E-state index contributed by atoms with van der Waals surface area (Å²) in [4.78, 5) is 15.0. The Labute approximate surface area is 143 Å². The number of halogens is 1. The molecule has 1 unspecified atom stereocenters. The molecule has 132 valence electrons. The number of benzene rings is 1. The van der Waals surface area contributed by atoms with Crippen LogP contribution in [0.25, 0.3) is 0 Å². The minimum absolute atomic E-state index is 0.0356. The maximum Gasteiger partial charge on any atom is 0.233 e. The van der Waals surface area contributed by atoms with Crippen LogP contribution < -0.4 is 0 Å². The van der Waals surface area contributed by atoms with Crippen LogP contribution in [0.2, 0.25) is 0 Å². The van der Waals surface area contributed by atoms with Crippen LogP contribution in [0.4, 0.5) is 4.39 Å². The summed E-state index contributed by atoms with van der Waals surface area (Å²) in [5.41, 5.74) is 0.134. The van der Waals surface area contributed by atoms with Crippen molar-refractivity contribution in [2.45, 2.75) is 49.2 Å². The molecular weight excluding hydrogens is 329 g/mol. The van der Waals surface area contributed by atoms with E-state index in [9.17, 15) is 17.6 Å². The average Bonchev–Trinajstić information content (AvgIpc) is 2.71. The first-order valence-electron chi connectivity index (χ1n) is 8.57. The van der Waals surface area contributed by atoms with Crippen LogP contribution in [0.15, 0.2) is 24.3 Å². The van der Waals surface area contributed by atoms with Gasteiger partial charge in [0.1, 0.15) is 15.7 Å². The topological polar surface area (TPSA) is 54.5 Å². The maximum absolute atomic E-state index is 13.6. The van der Waals surface area contributed by atoms with Crippen molar-refractivity contribution in [3.63, 3.8) is 0 Å². The molecule has 0 radical (unpaired) electrons. The van der Waals surface area contributed by atoms with E-state index in [-0.39, 0.29) is 17.0 Å². The number of hydrogen-bond acceptors (Lipinski definition) is 3. The van der Waals surface area contributed by atoms with E-state index in [1.54, 1.807) is 11.0 Å². The van der Waals surface area contributed by atoms with E-state index < -0.39 is 15.3 Å². The lowest BCUT2D eigenvalue weighted by Gasteiger charge is -2.44. The van der Waals surface area contributed by atoms with E-state index in [4.69, 9.17) is 0 Å². The van der Waals surface area contributed by atoms with Gasteiger partial charge in [0.05, 0.1) is 10.7 Å². The molecule has 1 heterocycles. The van der Waals surface area contributed by atoms with Crippen LogP contribution in [-0.4, -0.2) is 43.8 Å². The molecule has 2 fully saturated rings. The molecule has 2 aliphatic rings. The Balaban J connectivity index is 1.80. The van der Waals surface area contributed by atoms with Crippen molar-refractivity contribution in [1.82, 2.24) is 4.90 Å². The highest BCUT2D eigenvalue weighted by atomic mass is 32.2. The van der Waals surface area contributed by atoms with E-state index in [1.165, 1.54) is 18.4 Å². The molecule has 1 aliphatic heterocycles. The Morgan fingerprint density at radius 1 is 1.21 bits per heavy atom. The highest BCUT2D eigenvalue weighted by Crippen LogP contribution is 2.45. The summed E-state index contributed by atoms with van der Waals surface area (Å²) >= 11 is 0. The fraction of sp³-hybridized carbons (Fsp3) is 0.611. The molecule has 0 bridgehead atoms. The van der Waals surface area contributed by atoms with Gasteiger partial charge >= 0.3 is 0 Å². The number of carbonyl (C=O) groups excluding carboxylic acids is 1. The molecular formula is C18H24FNO3S.